The molecule has 18 heavy (non-hydrogen) atoms. The van der Waals surface area contributed by atoms with Gasteiger partial charge in [0.2, 0.25) is 5.92 Å². The molecule has 2 rings (SSSR count). The lowest BCUT2D eigenvalue weighted by atomic mass is 9.90. The molecule has 1 aromatic rings. The Labute approximate surface area is 108 Å². The van der Waals surface area contributed by atoms with Crippen molar-refractivity contribution in [2.45, 2.75) is 50.4 Å². The predicted octanol–water partition coefficient (Wildman–Crippen LogP) is 3.41. The van der Waals surface area contributed by atoms with Gasteiger partial charge < -0.3 is 5.11 Å². The van der Waals surface area contributed by atoms with Crippen LogP contribution in [0.15, 0.2) is 5.38 Å². The molecule has 0 saturated heterocycles. The average molecular weight is 275 g/mol. The van der Waals surface area contributed by atoms with Crippen molar-refractivity contribution in [1.29, 1.82) is 0 Å². The summed E-state index contributed by atoms with van der Waals surface area (Å²) in [7, 11) is 0. The highest BCUT2D eigenvalue weighted by Crippen LogP contribution is 2.45. The summed E-state index contributed by atoms with van der Waals surface area (Å²) in [5.41, 5.74) is -0.624. The van der Waals surface area contributed by atoms with Crippen LogP contribution in [0.25, 0.3) is 0 Å². The number of hydrogen-bond acceptors (Lipinski definition) is 3. The molecule has 100 valence electrons. The molecule has 0 aromatic carbocycles. The van der Waals surface area contributed by atoms with Crippen molar-refractivity contribution in [3.63, 3.8) is 0 Å². The van der Waals surface area contributed by atoms with Gasteiger partial charge in [0, 0.05) is 24.1 Å². The largest absolute Gasteiger partial charge is 0.481 e. The van der Waals surface area contributed by atoms with Crippen molar-refractivity contribution in [1.82, 2.24) is 4.98 Å². The number of carbonyl (C=O) groups is 1. The molecule has 0 amide bonds. The van der Waals surface area contributed by atoms with Gasteiger partial charge in [-0.1, -0.05) is 0 Å². The summed E-state index contributed by atoms with van der Waals surface area (Å²) in [5.74, 6) is -3.79. The summed E-state index contributed by atoms with van der Waals surface area (Å²) in [4.78, 5) is 15.4. The molecule has 1 heterocycles. The number of thiazole rings is 1. The Morgan fingerprint density at radius 3 is 2.78 bits per heavy atom. The van der Waals surface area contributed by atoms with E-state index in [-0.39, 0.29) is 18.8 Å². The quantitative estimate of drug-likeness (QED) is 0.919. The van der Waals surface area contributed by atoms with Gasteiger partial charge in [0.15, 0.2) is 0 Å². The third-order valence-corrected chi connectivity index (χ3v) is 4.46. The minimum atomic E-state index is -2.60. The van der Waals surface area contributed by atoms with Crippen LogP contribution in [0, 0.1) is 0 Å². The second-order valence-corrected chi connectivity index (χ2v) is 6.19. The summed E-state index contributed by atoms with van der Waals surface area (Å²) in [6, 6.07) is 0. The summed E-state index contributed by atoms with van der Waals surface area (Å²) in [6.07, 6.45) is 0.149. The predicted molar refractivity (Wildman–Crippen MR) is 64.3 cm³/mol. The third-order valence-electron chi connectivity index (χ3n) is 3.45. The molecule has 0 bridgehead atoms. The number of aliphatic carboxylic acids is 1. The molecule has 1 fully saturated rings. The topological polar surface area (TPSA) is 50.2 Å². The van der Waals surface area contributed by atoms with Crippen LogP contribution in [-0.4, -0.2) is 22.0 Å². The molecule has 1 aliphatic carbocycles. The fourth-order valence-electron chi connectivity index (χ4n) is 2.03. The minimum absolute atomic E-state index is 0.102. The van der Waals surface area contributed by atoms with Crippen LogP contribution >= 0.6 is 11.3 Å². The van der Waals surface area contributed by atoms with Crippen LogP contribution in [0.1, 0.15) is 49.7 Å². The lowest BCUT2D eigenvalue weighted by molar-refractivity contribution is -0.142. The number of alkyl halides is 2. The van der Waals surface area contributed by atoms with Crippen LogP contribution in [-0.2, 0) is 10.2 Å². The van der Waals surface area contributed by atoms with E-state index in [1.165, 1.54) is 11.3 Å². The maximum absolute atomic E-state index is 13.1. The van der Waals surface area contributed by atoms with Gasteiger partial charge in [0.25, 0.3) is 0 Å². The van der Waals surface area contributed by atoms with Crippen LogP contribution in [0.4, 0.5) is 8.78 Å². The highest BCUT2D eigenvalue weighted by molar-refractivity contribution is 7.09. The molecule has 1 atom stereocenters. The Balaban J connectivity index is 2.19. The van der Waals surface area contributed by atoms with Crippen molar-refractivity contribution in [2.75, 3.05) is 0 Å². The monoisotopic (exact) mass is 275 g/mol. The molecule has 1 aromatic heterocycles. The maximum Gasteiger partial charge on any atom is 0.315 e. The van der Waals surface area contributed by atoms with Gasteiger partial charge in [0.05, 0.1) is 10.7 Å². The van der Waals surface area contributed by atoms with Gasteiger partial charge in [0.1, 0.15) is 5.41 Å². The van der Waals surface area contributed by atoms with Crippen molar-refractivity contribution >= 4 is 17.3 Å². The number of halogens is 2. The molecule has 0 spiro atoms. The number of aromatic nitrogens is 1. The van der Waals surface area contributed by atoms with E-state index < -0.39 is 17.3 Å². The molecule has 0 aliphatic heterocycles. The second-order valence-electron chi connectivity index (χ2n) is 5.30. The normalized spacial score (nSPS) is 23.2. The second kappa shape index (κ2) is 4.26. The summed E-state index contributed by atoms with van der Waals surface area (Å²) < 4.78 is 26.3. The highest BCUT2D eigenvalue weighted by atomic mass is 32.1. The van der Waals surface area contributed by atoms with Gasteiger partial charge in [-0.25, -0.2) is 13.8 Å². The van der Waals surface area contributed by atoms with E-state index >= 15 is 0 Å². The first-order chi connectivity index (χ1) is 8.22. The fraction of sp³-hybridized carbons (Fsp3) is 0.667. The zero-order valence-corrected chi connectivity index (χ0v) is 11.1. The standard InChI is InChI=1S/C12H15F2NO2S/c1-11(2,10(16)17)8-6-18-9(15-8)7-3-4-12(13,14)5-7/h6-7H,3-5H2,1-2H3,(H,16,17). The maximum atomic E-state index is 13.1. The molecule has 1 N–H and O–H groups in total. The Hall–Kier alpha value is -1.04. The van der Waals surface area contributed by atoms with Crippen molar-refractivity contribution in [3.8, 4) is 0 Å². The van der Waals surface area contributed by atoms with Crippen molar-refractivity contribution < 1.29 is 18.7 Å². The smallest absolute Gasteiger partial charge is 0.315 e. The molecule has 1 unspecified atom stereocenters. The molecule has 0 radical (unpaired) electrons. The van der Waals surface area contributed by atoms with Gasteiger partial charge in [-0.05, 0) is 20.3 Å². The molecule has 1 aliphatic rings. The van der Waals surface area contributed by atoms with E-state index in [4.69, 9.17) is 5.11 Å². The van der Waals surface area contributed by atoms with E-state index in [0.29, 0.717) is 17.1 Å². The molecule has 1 saturated carbocycles. The SMILES string of the molecule is CC(C)(C(=O)O)c1csc(C2CCC(F)(F)C2)n1. The number of rotatable bonds is 3. The number of carboxylic acid groups (broad SMARTS) is 1. The lowest BCUT2D eigenvalue weighted by Crippen LogP contribution is -2.28. The minimum Gasteiger partial charge on any atom is -0.481 e. The van der Waals surface area contributed by atoms with Crippen molar-refractivity contribution in [2.24, 2.45) is 0 Å². The first-order valence-corrected chi connectivity index (χ1v) is 6.67. The first-order valence-electron chi connectivity index (χ1n) is 5.79. The zero-order chi connectivity index (χ0) is 13.6. The Morgan fingerprint density at radius 2 is 2.28 bits per heavy atom. The van der Waals surface area contributed by atoms with Gasteiger partial charge in [-0.15, -0.1) is 11.3 Å². The average Bonchev–Trinajstić information content (AvgIpc) is 2.83. The highest BCUT2D eigenvalue weighted by Gasteiger charge is 2.42. The van der Waals surface area contributed by atoms with E-state index in [0.717, 1.165) is 0 Å². The molecular formula is C12H15F2NO2S. The van der Waals surface area contributed by atoms with Crippen molar-refractivity contribution in [3.05, 3.63) is 16.1 Å². The van der Waals surface area contributed by atoms with Crippen LogP contribution < -0.4 is 0 Å². The van der Waals surface area contributed by atoms with Crippen LogP contribution in [0.3, 0.4) is 0 Å². The Morgan fingerprint density at radius 1 is 1.61 bits per heavy atom. The fourth-order valence-corrected chi connectivity index (χ4v) is 3.16. The van der Waals surface area contributed by atoms with E-state index in [1.807, 2.05) is 0 Å². The summed E-state index contributed by atoms with van der Waals surface area (Å²) in [5, 5.41) is 11.4. The summed E-state index contributed by atoms with van der Waals surface area (Å²) >= 11 is 1.28. The first kappa shape index (κ1) is 13.4. The van der Waals surface area contributed by atoms with Gasteiger partial charge in [-0.3, -0.25) is 4.79 Å². The Bertz CT molecular complexity index is 470. The molecule has 3 nitrogen and oxygen atoms in total. The number of nitrogens with zero attached hydrogens (tertiary/aromatic N) is 1. The Kier molecular flexibility index (Phi) is 3.17. The zero-order valence-electron chi connectivity index (χ0n) is 10.2. The van der Waals surface area contributed by atoms with Gasteiger partial charge >= 0.3 is 5.97 Å². The number of hydrogen-bond donors (Lipinski definition) is 1. The van der Waals surface area contributed by atoms with Crippen LogP contribution in [0.5, 0.6) is 0 Å². The summed E-state index contributed by atoms with van der Waals surface area (Å²) in [6.45, 7) is 3.13. The van der Waals surface area contributed by atoms with E-state index in [2.05, 4.69) is 4.98 Å². The third kappa shape index (κ3) is 2.39. The molecule has 6 heteroatoms. The lowest BCUT2D eigenvalue weighted by Gasteiger charge is -2.16. The van der Waals surface area contributed by atoms with E-state index in [9.17, 15) is 13.6 Å². The van der Waals surface area contributed by atoms with Gasteiger partial charge in [-0.2, -0.15) is 0 Å². The number of carboxylic acids is 1. The van der Waals surface area contributed by atoms with Crippen LogP contribution in [0.2, 0.25) is 0 Å². The van der Waals surface area contributed by atoms with E-state index in [1.54, 1.807) is 19.2 Å². The molecular weight excluding hydrogens is 260 g/mol.